The smallest absolute Gasteiger partial charge is 0.339 e. The zero-order chi connectivity index (χ0) is 17.3. The zero-order valence-electron chi connectivity index (χ0n) is 12.6. The Bertz CT molecular complexity index is 753. The number of hydrogen-bond donors (Lipinski definition) is 0. The van der Waals surface area contributed by atoms with Crippen molar-refractivity contribution < 1.29 is 18.0 Å². The van der Waals surface area contributed by atoms with E-state index >= 15 is 0 Å². The summed E-state index contributed by atoms with van der Waals surface area (Å²) in [5, 5.41) is 3.75. The molecule has 0 aromatic carbocycles. The molecular weight excluding hydrogens is 345 g/mol. The predicted molar refractivity (Wildman–Crippen MR) is 81.1 cm³/mol. The first-order chi connectivity index (χ1) is 11.4. The lowest BCUT2D eigenvalue weighted by Crippen LogP contribution is -2.36. The summed E-state index contributed by atoms with van der Waals surface area (Å²) >= 11 is 5.93. The summed E-state index contributed by atoms with van der Waals surface area (Å²) in [5.41, 5.74) is -1.63. The minimum absolute atomic E-state index is 0.0167. The van der Waals surface area contributed by atoms with Gasteiger partial charge in [-0.2, -0.15) is 18.3 Å². The van der Waals surface area contributed by atoms with Gasteiger partial charge in [0.25, 0.3) is 5.91 Å². The molecule has 2 aromatic rings. The van der Waals surface area contributed by atoms with Gasteiger partial charge in [-0.05, 0) is 31.4 Å². The lowest BCUT2D eigenvalue weighted by Gasteiger charge is -2.26. The van der Waals surface area contributed by atoms with Gasteiger partial charge in [-0.1, -0.05) is 11.6 Å². The second kappa shape index (κ2) is 6.43. The highest BCUT2D eigenvalue weighted by atomic mass is 35.5. The summed E-state index contributed by atoms with van der Waals surface area (Å²) in [7, 11) is 0. The number of piperidine rings is 1. The van der Waals surface area contributed by atoms with Gasteiger partial charge in [0.1, 0.15) is 0 Å². The van der Waals surface area contributed by atoms with E-state index in [1.807, 2.05) is 0 Å². The first-order valence-corrected chi connectivity index (χ1v) is 7.83. The van der Waals surface area contributed by atoms with E-state index in [-0.39, 0.29) is 10.8 Å². The van der Waals surface area contributed by atoms with Crippen molar-refractivity contribution in [2.75, 3.05) is 13.1 Å². The summed E-state index contributed by atoms with van der Waals surface area (Å²) in [6, 6.07) is 2.92. The van der Waals surface area contributed by atoms with Crippen LogP contribution in [0.1, 0.15) is 35.3 Å². The van der Waals surface area contributed by atoms with Crippen molar-refractivity contribution in [2.45, 2.75) is 25.4 Å². The van der Waals surface area contributed by atoms with E-state index in [4.69, 9.17) is 11.6 Å². The Morgan fingerprint density at radius 2 is 1.92 bits per heavy atom. The molecule has 1 fully saturated rings. The molecule has 0 radical (unpaired) electrons. The van der Waals surface area contributed by atoms with Gasteiger partial charge in [0.15, 0.2) is 11.5 Å². The van der Waals surface area contributed by atoms with Crippen LogP contribution in [-0.4, -0.2) is 38.7 Å². The van der Waals surface area contributed by atoms with E-state index in [1.165, 1.54) is 23.2 Å². The lowest BCUT2D eigenvalue weighted by molar-refractivity contribution is -0.143. The number of halogens is 4. The van der Waals surface area contributed by atoms with Gasteiger partial charge < -0.3 is 4.90 Å². The number of aromatic nitrogens is 3. The number of carbonyl (C=O) groups is 1. The quantitative estimate of drug-likeness (QED) is 0.824. The summed E-state index contributed by atoms with van der Waals surface area (Å²) < 4.78 is 41.3. The van der Waals surface area contributed by atoms with Crippen molar-refractivity contribution in [2.24, 2.45) is 0 Å². The van der Waals surface area contributed by atoms with Crippen LogP contribution in [0.5, 0.6) is 0 Å². The Morgan fingerprint density at radius 3 is 2.54 bits per heavy atom. The maximum atomic E-state index is 13.6. The van der Waals surface area contributed by atoms with Crippen molar-refractivity contribution in [1.29, 1.82) is 0 Å². The maximum absolute atomic E-state index is 13.6. The molecule has 5 nitrogen and oxygen atoms in total. The van der Waals surface area contributed by atoms with E-state index in [0.717, 1.165) is 25.5 Å². The van der Waals surface area contributed by atoms with Crippen LogP contribution in [0.3, 0.4) is 0 Å². The molecule has 3 rings (SSSR count). The number of alkyl halides is 3. The second-order valence-electron chi connectivity index (χ2n) is 5.48. The molecule has 1 aliphatic heterocycles. The van der Waals surface area contributed by atoms with Crippen LogP contribution in [0.15, 0.2) is 24.5 Å². The largest absolute Gasteiger partial charge is 0.434 e. The SMILES string of the molecule is O=C(c1cnn(-c2ncccc2Cl)c1C(F)(F)F)N1CCCCC1. The highest BCUT2D eigenvalue weighted by Crippen LogP contribution is 2.35. The number of pyridine rings is 1. The summed E-state index contributed by atoms with van der Waals surface area (Å²) in [6.45, 7) is 0.900. The highest BCUT2D eigenvalue weighted by molar-refractivity contribution is 6.32. The zero-order valence-corrected chi connectivity index (χ0v) is 13.3. The molecule has 3 heterocycles. The summed E-state index contributed by atoms with van der Waals surface area (Å²) in [6.07, 6.45) is 0.0252. The van der Waals surface area contributed by atoms with Crippen LogP contribution in [-0.2, 0) is 6.18 Å². The van der Waals surface area contributed by atoms with Gasteiger partial charge in [-0.15, -0.1) is 0 Å². The predicted octanol–water partition coefficient (Wildman–Crippen LogP) is 3.57. The van der Waals surface area contributed by atoms with Crippen LogP contribution in [0.4, 0.5) is 13.2 Å². The molecule has 0 aliphatic carbocycles. The number of nitrogens with zero attached hydrogens (tertiary/aromatic N) is 4. The van der Waals surface area contributed by atoms with Gasteiger partial charge in [0.05, 0.1) is 16.8 Å². The molecule has 0 saturated carbocycles. The van der Waals surface area contributed by atoms with E-state index in [2.05, 4.69) is 10.1 Å². The normalized spacial score (nSPS) is 15.6. The van der Waals surface area contributed by atoms with Crippen LogP contribution >= 0.6 is 11.6 Å². The number of carbonyl (C=O) groups excluding carboxylic acids is 1. The minimum atomic E-state index is -4.77. The Hall–Kier alpha value is -2.09. The molecule has 0 N–H and O–H groups in total. The number of rotatable bonds is 2. The molecule has 1 aliphatic rings. The third-order valence-corrected chi connectivity index (χ3v) is 4.15. The second-order valence-corrected chi connectivity index (χ2v) is 5.89. The Labute approximate surface area is 141 Å². The van der Waals surface area contributed by atoms with Crippen LogP contribution < -0.4 is 0 Å². The van der Waals surface area contributed by atoms with E-state index in [1.54, 1.807) is 0 Å². The van der Waals surface area contributed by atoms with E-state index < -0.39 is 23.3 Å². The lowest BCUT2D eigenvalue weighted by atomic mass is 10.1. The molecule has 128 valence electrons. The van der Waals surface area contributed by atoms with Crippen molar-refractivity contribution in [3.63, 3.8) is 0 Å². The fourth-order valence-electron chi connectivity index (χ4n) is 2.74. The van der Waals surface area contributed by atoms with Crippen molar-refractivity contribution in [3.8, 4) is 5.82 Å². The van der Waals surface area contributed by atoms with Gasteiger partial charge in [0.2, 0.25) is 0 Å². The van der Waals surface area contributed by atoms with E-state index in [9.17, 15) is 18.0 Å². The molecule has 2 aromatic heterocycles. The number of amides is 1. The third kappa shape index (κ3) is 3.10. The topological polar surface area (TPSA) is 51.0 Å². The first kappa shape index (κ1) is 16.8. The van der Waals surface area contributed by atoms with Gasteiger partial charge in [-0.25, -0.2) is 9.67 Å². The standard InChI is InChI=1S/C15H14ClF3N4O/c16-11-5-4-6-20-13(11)23-12(15(17,18)19)10(9-21-23)14(24)22-7-2-1-3-8-22/h4-6,9H,1-3,7-8H2. The summed E-state index contributed by atoms with van der Waals surface area (Å²) in [5.74, 6) is -0.829. The monoisotopic (exact) mass is 358 g/mol. The Kier molecular flexibility index (Phi) is 4.49. The fourth-order valence-corrected chi connectivity index (χ4v) is 2.94. The summed E-state index contributed by atoms with van der Waals surface area (Å²) in [4.78, 5) is 17.8. The van der Waals surface area contributed by atoms with Crippen molar-refractivity contribution in [1.82, 2.24) is 19.7 Å². The third-order valence-electron chi connectivity index (χ3n) is 3.85. The first-order valence-electron chi connectivity index (χ1n) is 7.45. The number of likely N-dealkylation sites (tertiary alicyclic amines) is 1. The van der Waals surface area contributed by atoms with Crippen LogP contribution in [0.2, 0.25) is 5.02 Å². The maximum Gasteiger partial charge on any atom is 0.434 e. The molecule has 9 heteroatoms. The Balaban J connectivity index is 2.08. The average Bonchev–Trinajstić information content (AvgIpc) is 3.00. The van der Waals surface area contributed by atoms with E-state index in [0.29, 0.717) is 17.8 Å². The molecule has 1 amide bonds. The molecule has 0 bridgehead atoms. The molecule has 24 heavy (non-hydrogen) atoms. The number of hydrogen-bond acceptors (Lipinski definition) is 3. The fraction of sp³-hybridized carbons (Fsp3) is 0.400. The van der Waals surface area contributed by atoms with Gasteiger partial charge in [0, 0.05) is 19.3 Å². The molecule has 1 saturated heterocycles. The van der Waals surface area contributed by atoms with Crippen LogP contribution in [0, 0.1) is 0 Å². The van der Waals surface area contributed by atoms with Crippen molar-refractivity contribution in [3.05, 3.63) is 40.8 Å². The molecular formula is C15H14ClF3N4O. The molecule has 0 unspecified atom stereocenters. The highest BCUT2D eigenvalue weighted by Gasteiger charge is 2.42. The Morgan fingerprint density at radius 1 is 1.21 bits per heavy atom. The minimum Gasteiger partial charge on any atom is -0.339 e. The van der Waals surface area contributed by atoms with Gasteiger partial charge in [-0.3, -0.25) is 4.79 Å². The van der Waals surface area contributed by atoms with Gasteiger partial charge >= 0.3 is 6.18 Å². The molecule has 0 spiro atoms. The van der Waals surface area contributed by atoms with Crippen LogP contribution in [0.25, 0.3) is 5.82 Å². The van der Waals surface area contributed by atoms with Crippen molar-refractivity contribution >= 4 is 17.5 Å². The average molecular weight is 359 g/mol. The molecule has 0 atom stereocenters.